The van der Waals surface area contributed by atoms with Crippen LogP contribution in [0.15, 0.2) is 36.4 Å². The first-order valence-corrected chi connectivity index (χ1v) is 8.67. The lowest BCUT2D eigenvalue weighted by molar-refractivity contribution is 0.0609. The fourth-order valence-electron chi connectivity index (χ4n) is 3.00. The van der Waals surface area contributed by atoms with Crippen molar-refractivity contribution in [1.29, 1.82) is 0 Å². The molecule has 0 aromatic heterocycles. The van der Waals surface area contributed by atoms with Crippen LogP contribution >= 0.6 is 0 Å². The predicted molar refractivity (Wildman–Crippen MR) is 104 cm³/mol. The molecule has 2 N–H and O–H groups in total. The van der Waals surface area contributed by atoms with Crippen LogP contribution in [0.3, 0.4) is 0 Å². The van der Waals surface area contributed by atoms with Gasteiger partial charge in [-0.1, -0.05) is 0 Å². The van der Waals surface area contributed by atoms with E-state index in [4.69, 9.17) is 9.47 Å². The molecule has 0 aliphatic carbocycles. The lowest BCUT2D eigenvalue weighted by Gasteiger charge is -2.17. The Labute approximate surface area is 162 Å². The quantitative estimate of drug-likeness (QED) is 0.772. The third-order valence-electron chi connectivity index (χ3n) is 4.35. The Hall–Kier alpha value is -3.55. The van der Waals surface area contributed by atoms with Gasteiger partial charge in [0.2, 0.25) is 0 Å². The van der Waals surface area contributed by atoms with Crippen LogP contribution in [0.1, 0.15) is 34.6 Å². The van der Waals surface area contributed by atoms with Gasteiger partial charge in [0.1, 0.15) is 11.5 Å². The zero-order chi connectivity index (χ0) is 20.4. The summed E-state index contributed by atoms with van der Waals surface area (Å²) in [5.74, 6) is 0.338. The van der Waals surface area contributed by atoms with Crippen molar-refractivity contribution in [2.45, 2.75) is 19.9 Å². The van der Waals surface area contributed by atoms with E-state index in [1.54, 1.807) is 44.2 Å². The fraction of sp³-hybridized carbons (Fsp3) is 0.250. The summed E-state index contributed by atoms with van der Waals surface area (Å²) in [6.45, 7) is 3.55. The maximum absolute atomic E-state index is 12.5. The van der Waals surface area contributed by atoms with Gasteiger partial charge in [-0.2, -0.15) is 0 Å². The minimum atomic E-state index is -0.524. The summed E-state index contributed by atoms with van der Waals surface area (Å²) in [6, 6.07) is 8.87. The molecule has 0 saturated heterocycles. The van der Waals surface area contributed by atoms with Crippen molar-refractivity contribution in [1.82, 2.24) is 4.90 Å². The van der Waals surface area contributed by atoms with Gasteiger partial charge in [0, 0.05) is 17.8 Å². The Kier molecular flexibility index (Phi) is 5.21. The van der Waals surface area contributed by atoms with Crippen LogP contribution in [0.25, 0.3) is 0 Å². The highest BCUT2D eigenvalue weighted by Gasteiger charge is 2.37. The highest BCUT2D eigenvalue weighted by Crippen LogP contribution is 2.30. The van der Waals surface area contributed by atoms with E-state index >= 15 is 0 Å². The topological polar surface area (TPSA) is 97.0 Å². The molecule has 28 heavy (non-hydrogen) atoms. The van der Waals surface area contributed by atoms with Crippen molar-refractivity contribution in [2.24, 2.45) is 0 Å². The SMILES string of the molecule is COc1ccc(OC)c(NC(=O)Nc2ccc3c(c2)C(=O)N(C(C)C)C3=O)c1. The lowest BCUT2D eigenvalue weighted by atomic mass is 10.1. The standard InChI is InChI=1S/C20H21N3O5/c1-11(2)23-18(24)14-7-5-12(9-15(14)19(23)25)21-20(26)22-16-10-13(27-3)6-8-17(16)28-4/h5-11H,1-4H3,(H2,21,22,26). The van der Waals surface area contributed by atoms with E-state index in [2.05, 4.69) is 10.6 Å². The molecule has 0 saturated carbocycles. The van der Waals surface area contributed by atoms with Crippen LogP contribution < -0.4 is 20.1 Å². The minimum absolute atomic E-state index is 0.243. The Bertz CT molecular complexity index is 955. The zero-order valence-electron chi connectivity index (χ0n) is 16.0. The smallest absolute Gasteiger partial charge is 0.323 e. The molecule has 2 aromatic carbocycles. The van der Waals surface area contributed by atoms with Gasteiger partial charge in [0.05, 0.1) is 31.0 Å². The monoisotopic (exact) mass is 383 g/mol. The first-order valence-electron chi connectivity index (χ1n) is 8.67. The number of rotatable bonds is 5. The van der Waals surface area contributed by atoms with Crippen molar-refractivity contribution in [2.75, 3.05) is 24.9 Å². The van der Waals surface area contributed by atoms with E-state index in [1.165, 1.54) is 25.2 Å². The number of nitrogens with one attached hydrogen (secondary N) is 2. The molecule has 0 bridgehead atoms. The van der Waals surface area contributed by atoms with Crippen LogP contribution in [0.2, 0.25) is 0 Å². The molecule has 1 aliphatic heterocycles. The number of amides is 4. The molecular formula is C20H21N3O5. The van der Waals surface area contributed by atoms with E-state index in [-0.39, 0.29) is 23.4 Å². The van der Waals surface area contributed by atoms with Gasteiger partial charge >= 0.3 is 6.03 Å². The van der Waals surface area contributed by atoms with Crippen LogP contribution in [-0.2, 0) is 0 Å². The lowest BCUT2D eigenvalue weighted by Crippen LogP contribution is -2.35. The molecule has 4 amide bonds. The largest absolute Gasteiger partial charge is 0.497 e. The second kappa shape index (κ2) is 7.59. The van der Waals surface area contributed by atoms with Gasteiger partial charge in [-0.3, -0.25) is 14.5 Å². The number of imide groups is 1. The van der Waals surface area contributed by atoms with Crippen LogP contribution in [-0.4, -0.2) is 43.0 Å². The van der Waals surface area contributed by atoms with E-state index in [1.807, 2.05) is 0 Å². The third-order valence-corrected chi connectivity index (χ3v) is 4.35. The average Bonchev–Trinajstić information content (AvgIpc) is 2.91. The summed E-state index contributed by atoms with van der Waals surface area (Å²) in [4.78, 5) is 38.4. The number of hydrogen-bond donors (Lipinski definition) is 2. The Morgan fingerprint density at radius 1 is 0.929 bits per heavy atom. The Morgan fingerprint density at radius 2 is 1.64 bits per heavy atom. The molecule has 1 aliphatic rings. The second-order valence-corrected chi connectivity index (χ2v) is 6.48. The highest BCUT2D eigenvalue weighted by molar-refractivity contribution is 6.22. The number of nitrogens with zero attached hydrogens (tertiary/aromatic N) is 1. The van der Waals surface area contributed by atoms with Crippen molar-refractivity contribution in [3.8, 4) is 11.5 Å². The summed E-state index contributed by atoms with van der Waals surface area (Å²) >= 11 is 0. The number of fused-ring (bicyclic) bond motifs is 1. The maximum Gasteiger partial charge on any atom is 0.323 e. The molecule has 0 atom stereocenters. The number of ether oxygens (including phenoxy) is 2. The average molecular weight is 383 g/mol. The molecular weight excluding hydrogens is 362 g/mol. The number of carbonyl (C=O) groups is 3. The van der Waals surface area contributed by atoms with Gasteiger partial charge in [-0.15, -0.1) is 0 Å². The normalized spacial score (nSPS) is 12.8. The van der Waals surface area contributed by atoms with Crippen molar-refractivity contribution in [3.05, 3.63) is 47.5 Å². The van der Waals surface area contributed by atoms with Gasteiger partial charge in [0.25, 0.3) is 11.8 Å². The van der Waals surface area contributed by atoms with Crippen molar-refractivity contribution < 1.29 is 23.9 Å². The number of anilines is 2. The summed E-state index contributed by atoms with van der Waals surface area (Å²) in [6.07, 6.45) is 0. The number of urea groups is 1. The number of benzene rings is 2. The van der Waals surface area contributed by atoms with Gasteiger partial charge in [-0.05, 0) is 44.2 Å². The molecule has 8 nitrogen and oxygen atoms in total. The van der Waals surface area contributed by atoms with Crippen molar-refractivity contribution >= 4 is 29.2 Å². The van der Waals surface area contributed by atoms with E-state index in [0.29, 0.717) is 28.4 Å². The minimum Gasteiger partial charge on any atom is -0.497 e. The van der Waals surface area contributed by atoms with Gasteiger partial charge < -0.3 is 20.1 Å². The fourth-order valence-corrected chi connectivity index (χ4v) is 3.00. The number of methoxy groups -OCH3 is 2. The van der Waals surface area contributed by atoms with Gasteiger partial charge in [-0.25, -0.2) is 4.79 Å². The molecule has 0 unspecified atom stereocenters. The third kappa shape index (κ3) is 3.48. The van der Waals surface area contributed by atoms with E-state index in [0.717, 1.165) is 0 Å². The number of hydrogen-bond acceptors (Lipinski definition) is 5. The molecule has 2 aromatic rings. The zero-order valence-corrected chi connectivity index (χ0v) is 16.0. The molecule has 0 fully saturated rings. The van der Waals surface area contributed by atoms with Crippen LogP contribution in [0.5, 0.6) is 11.5 Å². The molecule has 146 valence electrons. The molecule has 0 radical (unpaired) electrons. The summed E-state index contributed by atoms with van der Waals surface area (Å²) < 4.78 is 10.4. The molecule has 3 rings (SSSR count). The first kappa shape index (κ1) is 19.2. The van der Waals surface area contributed by atoms with Crippen molar-refractivity contribution in [3.63, 3.8) is 0 Å². The van der Waals surface area contributed by atoms with E-state index < -0.39 is 6.03 Å². The predicted octanol–water partition coefficient (Wildman–Crippen LogP) is 3.35. The van der Waals surface area contributed by atoms with E-state index in [9.17, 15) is 14.4 Å². The first-order chi connectivity index (χ1) is 13.3. The summed E-state index contributed by atoms with van der Waals surface area (Å²) in [7, 11) is 3.02. The highest BCUT2D eigenvalue weighted by atomic mass is 16.5. The second-order valence-electron chi connectivity index (χ2n) is 6.48. The molecule has 0 spiro atoms. The number of carbonyl (C=O) groups excluding carboxylic acids is 3. The summed E-state index contributed by atoms with van der Waals surface area (Å²) in [5.41, 5.74) is 1.43. The van der Waals surface area contributed by atoms with Gasteiger partial charge in [0.15, 0.2) is 0 Å². The maximum atomic E-state index is 12.5. The molecule has 8 heteroatoms. The molecule has 1 heterocycles. The Morgan fingerprint density at radius 3 is 2.29 bits per heavy atom. The van der Waals surface area contributed by atoms with Crippen LogP contribution in [0, 0.1) is 0 Å². The Balaban J connectivity index is 1.78. The summed E-state index contributed by atoms with van der Waals surface area (Å²) in [5, 5.41) is 5.34. The van der Waals surface area contributed by atoms with Crippen LogP contribution in [0.4, 0.5) is 16.2 Å².